The first-order valence-corrected chi connectivity index (χ1v) is 9.68. The summed E-state index contributed by atoms with van der Waals surface area (Å²) in [6, 6.07) is 15.8. The van der Waals surface area contributed by atoms with E-state index in [1.54, 1.807) is 19.2 Å². The molecule has 0 fully saturated rings. The fraction of sp³-hybridized carbons (Fsp3) is 0.250. The third-order valence-corrected chi connectivity index (χ3v) is 5.12. The van der Waals surface area contributed by atoms with E-state index in [2.05, 4.69) is 4.57 Å². The second-order valence-electron chi connectivity index (χ2n) is 7.05. The van der Waals surface area contributed by atoms with E-state index in [9.17, 15) is 14.7 Å². The van der Waals surface area contributed by atoms with Gasteiger partial charge in [0.15, 0.2) is 6.61 Å². The molecule has 0 spiro atoms. The van der Waals surface area contributed by atoms with Crippen LogP contribution in [0.15, 0.2) is 54.6 Å². The van der Waals surface area contributed by atoms with Crippen molar-refractivity contribution in [2.24, 2.45) is 0 Å². The summed E-state index contributed by atoms with van der Waals surface area (Å²) in [6.45, 7) is 4.19. The number of nitrogens with zero attached hydrogens (tertiary/aromatic N) is 1. The molecule has 1 N–H and O–H groups in total. The maximum Gasteiger partial charge on any atom is 0.342 e. The molecule has 6 heteroatoms. The molecule has 0 saturated heterocycles. The number of hydrogen-bond acceptors (Lipinski definition) is 5. The summed E-state index contributed by atoms with van der Waals surface area (Å²) in [6.07, 6.45) is 0.816. The third-order valence-electron chi connectivity index (χ3n) is 5.12. The monoisotopic (exact) mass is 407 g/mol. The van der Waals surface area contributed by atoms with Crippen LogP contribution in [0.25, 0.3) is 0 Å². The lowest BCUT2D eigenvalue weighted by atomic mass is 10.1. The van der Waals surface area contributed by atoms with Crippen LogP contribution in [0.1, 0.15) is 37.7 Å². The van der Waals surface area contributed by atoms with Crippen LogP contribution in [0.2, 0.25) is 0 Å². The van der Waals surface area contributed by atoms with Gasteiger partial charge in [-0.15, -0.1) is 0 Å². The summed E-state index contributed by atoms with van der Waals surface area (Å²) in [4.78, 5) is 24.7. The molecule has 2 aromatic carbocycles. The fourth-order valence-electron chi connectivity index (χ4n) is 3.39. The second-order valence-corrected chi connectivity index (χ2v) is 7.05. The molecule has 0 saturated carbocycles. The van der Waals surface area contributed by atoms with Gasteiger partial charge >= 0.3 is 5.97 Å². The Morgan fingerprint density at radius 3 is 2.37 bits per heavy atom. The molecule has 6 nitrogen and oxygen atoms in total. The summed E-state index contributed by atoms with van der Waals surface area (Å²) in [7, 11) is 1.64. The van der Waals surface area contributed by atoms with Gasteiger partial charge in [0.25, 0.3) is 0 Å². The number of hydrogen-bond donors (Lipinski definition) is 1. The number of rotatable bonds is 8. The van der Waals surface area contributed by atoms with Crippen LogP contribution < -0.4 is 4.74 Å². The van der Waals surface area contributed by atoms with E-state index in [1.165, 1.54) is 17.7 Å². The molecule has 1 heterocycles. The molecule has 3 rings (SSSR count). The van der Waals surface area contributed by atoms with E-state index in [0.29, 0.717) is 5.56 Å². The Morgan fingerprint density at radius 1 is 1.00 bits per heavy atom. The lowest BCUT2D eigenvalue weighted by molar-refractivity contribution is 0.0471. The number of Topliss-reactive ketones (excluding diaryl/α,β-unsaturated/α-hetero) is 1. The molecular weight excluding hydrogens is 382 g/mol. The van der Waals surface area contributed by atoms with E-state index < -0.39 is 5.97 Å². The van der Waals surface area contributed by atoms with Crippen molar-refractivity contribution in [3.63, 3.8) is 0 Å². The number of phenols is 1. The normalized spacial score (nSPS) is 10.6. The predicted octanol–water partition coefficient (Wildman–Crippen LogP) is 4.10. The smallest absolute Gasteiger partial charge is 0.342 e. The first kappa shape index (κ1) is 21.2. The van der Waals surface area contributed by atoms with Gasteiger partial charge in [-0.05, 0) is 56.2 Å². The van der Waals surface area contributed by atoms with Gasteiger partial charge in [0.1, 0.15) is 17.1 Å². The highest BCUT2D eigenvalue weighted by Gasteiger charge is 2.19. The van der Waals surface area contributed by atoms with Crippen LogP contribution in [0.3, 0.4) is 0 Å². The van der Waals surface area contributed by atoms with Gasteiger partial charge in [-0.2, -0.15) is 0 Å². The number of benzene rings is 2. The van der Waals surface area contributed by atoms with Crippen molar-refractivity contribution in [2.75, 3.05) is 13.7 Å². The molecule has 0 aliphatic rings. The van der Waals surface area contributed by atoms with E-state index in [1.807, 2.05) is 44.2 Å². The van der Waals surface area contributed by atoms with Crippen molar-refractivity contribution in [1.29, 1.82) is 0 Å². The number of para-hydroxylation sites is 1. The highest BCUT2D eigenvalue weighted by molar-refractivity contribution is 6.00. The van der Waals surface area contributed by atoms with Gasteiger partial charge in [0.05, 0.1) is 7.11 Å². The van der Waals surface area contributed by atoms with Crippen LogP contribution in [0, 0.1) is 13.8 Å². The highest BCUT2D eigenvalue weighted by atomic mass is 16.5. The molecule has 0 atom stereocenters. The summed E-state index contributed by atoms with van der Waals surface area (Å²) < 4.78 is 12.4. The number of aromatic nitrogens is 1. The van der Waals surface area contributed by atoms with Gasteiger partial charge in [0, 0.05) is 23.5 Å². The van der Waals surface area contributed by atoms with Gasteiger partial charge in [0.2, 0.25) is 5.78 Å². The van der Waals surface area contributed by atoms with Crippen molar-refractivity contribution >= 4 is 11.8 Å². The van der Waals surface area contributed by atoms with Gasteiger partial charge in [-0.1, -0.05) is 24.3 Å². The van der Waals surface area contributed by atoms with Gasteiger partial charge in [-0.25, -0.2) is 4.79 Å². The van der Waals surface area contributed by atoms with E-state index in [0.717, 1.165) is 30.1 Å². The standard InChI is InChI=1S/C24H25NO5/c1-16-14-21(23(27)15-30-24(28)20-6-4-5-7-22(20)26)17(2)25(16)13-12-18-8-10-19(29-3)11-9-18/h4-11,14,26H,12-13,15H2,1-3H3. The summed E-state index contributed by atoms with van der Waals surface area (Å²) in [5, 5.41) is 9.73. The molecule has 0 aliphatic carbocycles. The zero-order valence-electron chi connectivity index (χ0n) is 17.3. The second kappa shape index (κ2) is 9.31. The minimum Gasteiger partial charge on any atom is -0.507 e. The number of ketones is 1. The number of aromatic hydroxyl groups is 1. The largest absolute Gasteiger partial charge is 0.507 e. The SMILES string of the molecule is COc1ccc(CCn2c(C)cc(C(=O)COC(=O)c3ccccc3O)c2C)cc1. The quantitative estimate of drug-likeness (QED) is 0.449. The highest BCUT2D eigenvalue weighted by Crippen LogP contribution is 2.20. The van der Waals surface area contributed by atoms with Crippen molar-refractivity contribution in [1.82, 2.24) is 4.57 Å². The lowest BCUT2D eigenvalue weighted by Gasteiger charge is -2.10. The molecule has 0 amide bonds. The van der Waals surface area contributed by atoms with Crippen LogP contribution >= 0.6 is 0 Å². The number of carbonyl (C=O) groups excluding carboxylic acids is 2. The van der Waals surface area contributed by atoms with Crippen LogP contribution in [-0.4, -0.2) is 35.1 Å². The lowest BCUT2D eigenvalue weighted by Crippen LogP contribution is -2.15. The predicted molar refractivity (Wildman–Crippen MR) is 113 cm³/mol. The Labute approximate surface area is 175 Å². The molecule has 3 aromatic rings. The number of esters is 1. The number of carbonyl (C=O) groups is 2. The van der Waals surface area contributed by atoms with Crippen molar-refractivity contribution in [3.05, 3.63) is 82.7 Å². The minimum absolute atomic E-state index is 0.0373. The average molecular weight is 407 g/mol. The van der Waals surface area contributed by atoms with Crippen LogP contribution in [0.5, 0.6) is 11.5 Å². The topological polar surface area (TPSA) is 77.8 Å². The molecule has 1 aromatic heterocycles. The first-order chi connectivity index (χ1) is 14.4. The van der Waals surface area contributed by atoms with E-state index in [4.69, 9.17) is 9.47 Å². The molecule has 0 aliphatic heterocycles. The molecule has 30 heavy (non-hydrogen) atoms. The van der Waals surface area contributed by atoms with Gasteiger partial charge in [-0.3, -0.25) is 4.79 Å². The zero-order valence-corrected chi connectivity index (χ0v) is 17.3. The molecule has 156 valence electrons. The minimum atomic E-state index is -0.727. The molecule has 0 unspecified atom stereocenters. The fourth-order valence-corrected chi connectivity index (χ4v) is 3.39. The Bertz CT molecular complexity index is 1050. The van der Waals surface area contributed by atoms with Crippen LogP contribution in [0.4, 0.5) is 0 Å². The van der Waals surface area contributed by atoms with E-state index in [-0.39, 0.29) is 23.7 Å². The Morgan fingerprint density at radius 2 is 1.70 bits per heavy atom. The summed E-state index contributed by atoms with van der Waals surface area (Å²) in [5.41, 5.74) is 3.55. The number of methoxy groups -OCH3 is 1. The summed E-state index contributed by atoms with van der Waals surface area (Å²) in [5.74, 6) is -0.359. The Hall–Kier alpha value is -3.54. The maximum absolute atomic E-state index is 12.6. The zero-order chi connectivity index (χ0) is 21.7. The summed E-state index contributed by atoms with van der Waals surface area (Å²) >= 11 is 0. The number of aryl methyl sites for hydroxylation is 2. The molecular formula is C24H25NO5. The maximum atomic E-state index is 12.6. The van der Waals surface area contributed by atoms with Gasteiger partial charge < -0.3 is 19.1 Å². The van der Waals surface area contributed by atoms with Crippen molar-refractivity contribution in [2.45, 2.75) is 26.8 Å². The molecule has 0 bridgehead atoms. The van der Waals surface area contributed by atoms with Crippen LogP contribution in [-0.2, 0) is 17.7 Å². The Kier molecular flexibility index (Phi) is 6.57. The van der Waals surface area contributed by atoms with Crippen molar-refractivity contribution in [3.8, 4) is 11.5 Å². The third kappa shape index (κ3) is 4.71. The average Bonchev–Trinajstić information content (AvgIpc) is 3.04. The number of ether oxygens (including phenoxy) is 2. The van der Waals surface area contributed by atoms with E-state index >= 15 is 0 Å². The van der Waals surface area contributed by atoms with Crippen molar-refractivity contribution < 1.29 is 24.2 Å². The molecule has 0 radical (unpaired) electrons. The number of phenolic OH excluding ortho intramolecular Hbond substituents is 1. The first-order valence-electron chi connectivity index (χ1n) is 9.68. The Balaban J connectivity index is 1.64.